The van der Waals surface area contributed by atoms with E-state index in [4.69, 9.17) is 14.2 Å². The van der Waals surface area contributed by atoms with E-state index < -0.39 is 6.10 Å². The molecule has 1 unspecified atom stereocenters. The van der Waals surface area contributed by atoms with Crippen molar-refractivity contribution in [2.45, 2.75) is 329 Å². The SMILES string of the molecule is CC/C=C\C/C=C\C/C=C\C/C=C\CCCCCCCCC(=O)OC(COC(=O)CCCCCCC/C=C\CCCCC)COC(=O)CCCCCCCCCCCCCCCC/C=C\C/C=C\C/C=C\CCCCCCC. The molecular formula is C72H124O6. The number of hydrogen-bond acceptors (Lipinski definition) is 6. The minimum absolute atomic E-state index is 0.0852. The van der Waals surface area contributed by atoms with Crippen molar-refractivity contribution in [2.24, 2.45) is 0 Å². The van der Waals surface area contributed by atoms with Crippen LogP contribution >= 0.6 is 0 Å². The smallest absolute Gasteiger partial charge is 0.306 e. The zero-order valence-electron chi connectivity index (χ0n) is 51.4. The van der Waals surface area contributed by atoms with Crippen LogP contribution in [0.2, 0.25) is 0 Å². The standard InChI is InChI=1S/C72H124O6/c1-4-7-10-13-16-19-22-25-27-29-31-32-33-34-35-36-37-38-39-40-42-43-45-47-50-53-56-59-62-65-71(74)77-68-69(67-76-70(73)64-61-58-55-52-49-24-21-18-15-12-9-6-3)78-72(75)66-63-60-57-54-51-48-46-44-41-30-28-26-23-20-17-14-11-8-5-2/h8,11,17-18,20-22,25-26,28-29,31,33-34,41,44,69H,4-7,9-10,12-16,19,23-24,27,30,32,35-40,42-43,45-68H2,1-3H3/b11-8-,20-17-,21-18-,25-22-,28-26-,31-29-,34-33-,44-41-. The van der Waals surface area contributed by atoms with Gasteiger partial charge in [0, 0.05) is 19.3 Å². The fourth-order valence-corrected chi connectivity index (χ4v) is 9.32. The van der Waals surface area contributed by atoms with Crippen LogP contribution in [0.1, 0.15) is 323 Å². The Hall–Kier alpha value is -3.67. The van der Waals surface area contributed by atoms with E-state index in [0.717, 1.165) is 116 Å². The maximum absolute atomic E-state index is 12.9. The second-order valence-electron chi connectivity index (χ2n) is 22.0. The summed E-state index contributed by atoms with van der Waals surface area (Å²) >= 11 is 0. The summed E-state index contributed by atoms with van der Waals surface area (Å²) in [6.07, 6.45) is 88.5. The summed E-state index contributed by atoms with van der Waals surface area (Å²) in [5, 5.41) is 0. The Morgan fingerprint density at radius 1 is 0.269 bits per heavy atom. The van der Waals surface area contributed by atoms with Gasteiger partial charge >= 0.3 is 17.9 Å². The van der Waals surface area contributed by atoms with E-state index in [-0.39, 0.29) is 31.1 Å². The topological polar surface area (TPSA) is 78.9 Å². The number of ether oxygens (including phenoxy) is 3. The summed E-state index contributed by atoms with van der Waals surface area (Å²) in [7, 11) is 0. The molecule has 78 heavy (non-hydrogen) atoms. The summed E-state index contributed by atoms with van der Waals surface area (Å²) in [4.78, 5) is 38.3. The Morgan fingerprint density at radius 3 is 0.821 bits per heavy atom. The highest BCUT2D eigenvalue weighted by atomic mass is 16.6. The zero-order valence-corrected chi connectivity index (χ0v) is 51.4. The van der Waals surface area contributed by atoms with Gasteiger partial charge in [-0.05, 0) is 122 Å². The van der Waals surface area contributed by atoms with Crippen LogP contribution in [0.3, 0.4) is 0 Å². The minimum Gasteiger partial charge on any atom is -0.462 e. The summed E-state index contributed by atoms with van der Waals surface area (Å²) in [6, 6.07) is 0. The van der Waals surface area contributed by atoms with Gasteiger partial charge in [-0.1, -0.05) is 279 Å². The maximum atomic E-state index is 12.9. The number of hydrogen-bond donors (Lipinski definition) is 0. The molecule has 0 radical (unpaired) electrons. The Morgan fingerprint density at radius 2 is 0.500 bits per heavy atom. The first kappa shape index (κ1) is 74.3. The highest BCUT2D eigenvalue weighted by Crippen LogP contribution is 2.16. The normalized spacial score (nSPS) is 12.7. The van der Waals surface area contributed by atoms with Crippen molar-refractivity contribution in [1.82, 2.24) is 0 Å². The molecule has 1 atom stereocenters. The highest BCUT2D eigenvalue weighted by molar-refractivity contribution is 5.71. The molecule has 0 rings (SSSR count). The summed E-state index contributed by atoms with van der Waals surface area (Å²) in [6.45, 7) is 6.50. The van der Waals surface area contributed by atoms with Crippen LogP contribution in [0.5, 0.6) is 0 Å². The first-order chi connectivity index (χ1) is 38.5. The van der Waals surface area contributed by atoms with Gasteiger partial charge < -0.3 is 14.2 Å². The molecule has 0 amide bonds. The van der Waals surface area contributed by atoms with Gasteiger partial charge in [0.1, 0.15) is 13.2 Å². The van der Waals surface area contributed by atoms with Crippen LogP contribution in [0.25, 0.3) is 0 Å². The van der Waals surface area contributed by atoms with Crippen molar-refractivity contribution in [3.63, 3.8) is 0 Å². The molecular weight excluding hydrogens is 961 g/mol. The fourth-order valence-electron chi connectivity index (χ4n) is 9.32. The minimum atomic E-state index is -0.790. The second-order valence-corrected chi connectivity index (χ2v) is 22.0. The molecule has 0 aliphatic carbocycles. The molecule has 6 nitrogen and oxygen atoms in total. The number of unbranched alkanes of at least 4 members (excludes halogenated alkanes) is 33. The van der Waals surface area contributed by atoms with Crippen molar-refractivity contribution >= 4 is 17.9 Å². The predicted molar refractivity (Wildman–Crippen MR) is 339 cm³/mol. The van der Waals surface area contributed by atoms with E-state index in [1.54, 1.807) is 0 Å². The molecule has 0 spiro atoms. The summed E-state index contributed by atoms with van der Waals surface area (Å²) in [5.41, 5.74) is 0. The number of esters is 3. The first-order valence-electron chi connectivity index (χ1n) is 33.2. The van der Waals surface area contributed by atoms with Crippen molar-refractivity contribution in [3.05, 3.63) is 97.2 Å². The molecule has 0 aromatic heterocycles. The summed E-state index contributed by atoms with van der Waals surface area (Å²) < 4.78 is 16.9. The van der Waals surface area contributed by atoms with Crippen LogP contribution in [0.15, 0.2) is 97.2 Å². The molecule has 6 heteroatoms. The third-order valence-corrected chi connectivity index (χ3v) is 14.3. The monoisotopic (exact) mass is 1080 g/mol. The van der Waals surface area contributed by atoms with Gasteiger partial charge in [0.15, 0.2) is 6.10 Å². The fraction of sp³-hybridized carbons (Fsp3) is 0.736. The lowest BCUT2D eigenvalue weighted by Gasteiger charge is -2.18. The molecule has 0 heterocycles. The predicted octanol–water partition coefficient (Wildman–Crippen LogP) is 22.8. The van der Waals surface area contributed by atoms with Crippen molar-refractivity contribution in [1.29, 1.82) is 0 Å². The molecule has 0 aliphatic rings. The third-order valence-electron chi connectivity index (χ3n) is 14.3. The number of allylic oxidation sites excluding steroid dienone is 16. The van der Waals surface area contributed by atoms with Gasteiger partial charge in [0.2, 0.25) is 0 Å². The average molecular weight is 1090 g/mol. The van der Waals surface area contributed by atoms with Crippen molar-refractivity contribution in [2.75, 3.05) is 13.2 Å². The second kappa shape index (κ2) is 65.8. The van der Waals surface area contributed by atoms with E-state index in [1.807, 2.05) is 0 Å². The lowest BCUT2D eigenvalue weighted by molar-refractivity contribution is -0.167. The number of carbonyl (C=O) groups is 3. The molecule has 0 aromatic rings. The van der Waals surface area contributed by atoms with Crippen LogP contribution in [-0.4, -0.2) is 37.2 Å². The van der Waals surface area contributed by atoms with E-state index in [9.17, 15) is 14.4 Å². The Kier molecular flexibility index (Phi) is 62.7. The van der Waals surface area contributed by atoms with Gasteiger partial charge in [-0.15, -0.1) is 0 Å². The average Bonchev–Trinajstić information content (AvgIpc) is 3.44. The molecule has 0 aromatic carbocycles. The first-order valence-corrected chi connectivity index (χ1v) is 33.2. The van der Waals surface area contributed by atoms with E-state index >= 15 is 0 Å². The maximum Gasteiger partial charge on any atom is 0.306 e. The van der Waals surface area contributed by atoms with Crippen LogP contribution in [0, 0.1) is 0 Å². The number of carbonyl (C=O) groups excluding carboxylic acids is 3. The summed E-state index contributed by atoms with van der Waals surface area (Å²) in [5.74, 6) is -0.900. The molecule has 0 saturated carbocycles. The lowest BCUT2D eigenvalue weighted by atomic mass is 10.0. The number of rotatable bonds is 60. The Labute approximate surface area is 483 Å². The van der Waals surface area contributed by atoms with Crippen LogP contribution < -0.4 is 0 Å². The van der Waals surface area contributed by atoms with Gasteiger partial charge in [-0.2, -0.15) is 0 Å². The van der Waals surface area contributed by atoms with E-state index in [0.29, 0.717) is 19.3 Å². The Bertz CT molecular complexity index is 1530. The highest BCUT2D eigenvalue weighted by Gasteiger charge is 2.19. The van der Waals surface area contributed by atoms with Crippen LogP contribution in [-0.2, 0) is 28.6 Å². The van der Waals surface area contributed by atoms with Gasteiger partial charge in [0.25, 0.3) is 0 Å². The largest absolute Gasteiger partial charge is 0.462 e. The molecule has 0 N–H and O–H groups in total. The van der Waals surface area contributed by atoms with Gasteiger partial charge in [0.05, 0.1) is 0 Å². The van der Waals surface area contributed by atoms with Gasteiger partial charge in [-0.3, -0.25) is 14.4 Å². The van der Waals surface area contributed by atoms with Crippen molar-refractivity contribution in [3.8, 4) is 0 Å². The van der Waals surface area contributed by atoms with E-state index in [1.165, 1.54) is 167 Å². The molecule has 0 aliphatic heterocycles. The van der Waals surface area contributed by atoms with Gasteiger partial charge in [-0.25, -0.2) is 0 Å². The Balaban J connectivity index is 4.26. The lowest BCUT2D eigenvalue weighted by Crippen LogP contribution is -2.30. The van der Waals surface area contributed by atoms with E-state index in [2.05, 4.69) is 118 Å². The molecule has 0 bridgehead atoms. The molecule has 0 fully saturated rings. The van der Waals surface area contributed by atoms with Crippen LogP contribution in [0.4, 0.5) is 0 Å². The quantitative estimate of drug-likeness (QED) is 0.0261. The molecule has 448 valence electrons. The van der Waals surface area contributed by atoms with Crippen molar-refractivity contribution < 1.29 is 28.6 Å². The zero-order chi connectivity index (χ0) is 56.4. The molecule has 0 saturated heterocycles. The third kappa shape index (κ3) is 63.2.